The van der Waals surface area contributed by atoms with E-state index < -0.39 is 17.5 Å². The van der Waals surface area contributed by atoms with Crippen LogP contribution in [0.5, 0.6) is 0 Å². The van der Waals surface area contributed by atoms with E-state index in [0.29, 0.717) is 17.1 Å². The lowest BCUT2D eigenvalue weighted by molar-refractivity contribution is 0.102. The zero-order valence-electron chi connectivity index (χ0n) is 10.6. The standard InChI is InChI=1S/C15H9ClF2N2O/c16-11-6-9(17)7-12(18)14(11)20-15(21)10-3-1-2-8-4-5-19-13(8)10/h1-7,19H,(H,20,21). The molecule has 0 aliphatic heterocycles. The second-order valence-electron chi connectivity index (χ2n) is 4.45. The third-order valence-electron chi connectivity index (χ3n) is 3.08. The minimum atomic E-state index is -0.924. The lowest BCUT2D eigenvalue weighted by Gasteiger charge is -2.09. The molecule has 0 spiro atoms. The summed E-state index contributed by atoms with van der Waals surface area (Å²) in [7, 11) is 0. The molecule has 1 heterocycles. The number of nitrogens with one attached hydrogen (secondary N) is 2. The van der Waals surface area contributed by atoms with Crippen LogP contribution >= 0.6 is 11.6 Å². The number of benzene rings is 2. The van der Waals surface area contributed by atoms with Crippen LogP contribution in [0.15, 0.2) is 42.6 Å². The molecule has 3 aromatic rings. The second kappa shape index (κ2) is 5.18. The number of carbonyl (C=O) groups excluding carboxylic acids is 1. The number of H-pyrrole nitrogens is 1. The van der Waals surface area contributed by atoms with E-state index in [2.05, 4.69) is 10.3 Å². The van der Waals surface area contributed by atoms with Crippen LogP contribution in [0.3, 0.4) is 0 Å². The monoisotopic (exact) mass is 306 g/mol. The second-order valence-corrected chi connectivity index (χ2v) is 4.85. The minimum absolute atomic E-state index is 0.195. The summed E-state index contributed by atoms with van der Waals surface area (Å²) in [5, 5.41) is 3.03. The maximum Gasteiger partial charge on any atom is 0.257 e. The summed E-state index contributed by atoms with van der Waals surface area (Å²) in [5.74, 6) is -2.26. The van der Waals surface area contributed by atoms with Crippen molar-refractivity contribution in [1.29, 1.82) is 0 Å². The topological polar surface area (TPSA) is 44.9 Å². The van der Waals surface area contributed by atoms with E-state index in [1.54, 1.807) is 18.3 Å². The van der Waals surface area contributed by atoms with Gasteiger partial charge in [0.15, 0.2) is 5.82 Å². The van der Waals surface area contributed by atoms with Crippen LogP contribution in [-0.4, -0.2) is 10.9 Å². The van der Waals surface area contributed by atoms with Gasteiger partial charge in [-0.1, -0.05) is 23.7 Å². The number of aromatic amines is 1. The van der Waals surface area contributed by atoms with Crippen LogP contribution in [-0.2, 0) is 0 Å². The Morgan fingerprint density at radius 2 is 2.00 bits per heavy atom. The highest BCUT2D eigenvalue weighted by molar-refractivity contribution is 6.34. The fraction of sp³-hybridized carbons (Fsp3) is 0. The summed E-state index contributed by atoms with van der Waals surface area (Å²) in [4.78, 5) is 15.2. The zero-order chi connectivity index (χ0) is 15.0. The van der Waals surface area contributed by atoms with Gasteiger partial charge >= 0.3 is 0 Å². The molecule has 0 atom stereocenters. The highest BCUT2D eigenvalue weighted by Gasteiger charge is 2.16. The predicted octanol–water partition coefficient (Wildman–Crippen LogP) is 4.35. The first kappa shape index (κ1) is 13.6. The molecule has 0 unspecified atom stereocenters. The summed E-state index contributed by atoms with van der Waals surface area (Å²) in [5.41, 5.74) is 0.734. The number of carbonyl (C=O) groups is 1. The molecule has 6 heteroatoms. The van der Waals surface area contributed by atoms with Crippen molar-refractivity contribution in [1.82, 2.24) is 4.98 Å². The van der Waals surface area contributed by atoms with E-state index in [9.17, 15) is 13.6 Å². The first-order valence-corrected chi connectivity index (χ1v) is 6.46. The Hall–Kier alpha value is -2.40. The van der Waals surface area contributed by atoms with Crippen molar-refractivity contribution in [2.24, 2.45) is 0 Å². The third kappa shape index (κ3) is 2.48. The number of amides is 1. The average Bonchev–Trinajstić information content (AvgIpc) is 2.90. The molecule has 2 aromatic carbocycles. The van der Waals surface area contributed by atoms with E-state index in [1.165, 1.54) is 0 Å². The SMILES string of the molecule is O=C(Nc1c(F)cc(F)cc1Cl)c1cccc2cc[nH]c12. The number of hydrogen-bond acceptors (Lipinski definition) is 1. The summed E-state index contributed by atoms with van der Waals surface area (Å²) in [6.07, 6.45) is 1.70. The van der Waals surface area contributed by atoms with E-state index >= 15 is 0 Å². The van der Waals surface area contributed by atoms with Gasteiger partial charge in [0.1, 0.15) is 5.82 Å². The van der Waals surface area contributed by atoms with Crippen LogP contribution < -0.4 is 5.32 Å². The lowest BCUT2D eigenvalue weighted by Crippen LogP contribution is -2.14. The highest BCUT2D eigenvalue weighted by atomic mass is 35.5. The van der Waals surface area contributed by atoms with Gasteiger partial charge in [-0.05, 0) is 18.2 Å². The Kier molecular flexibility index (Phi) is 3.35. The van der Waals surface area contributed by atoms with Crippen molar-refractivity contribution in [2.75, 3.05) is 5.32 Å². The van der Waals surface area contributed by atoms with Gasteiger partial charge in [0.2, 0.25) is 0 Å². The highest BCUT2D eigenvalue weighted by Crippen LogP contribution is 2.27. The fourth-order valence-electron chi connectivity index (χ4n) is 2.12. The molecule has 0 fully saturated rings. The van der Waals surface area contributed by atoms with Gasteiger partial charge in [0.05, 0.1) is 21.8 Å². The molecule has 0 aliphatic carbocycles. The maximum atomic E-state index is 13.7. The number of para-hydroxylation sites is 1. The molecule has 0 aliphatic rings. The quantitative estimate of drug-likeness (QED) is 0.726. The Morgan fingerprint density at radius 1 is 1.19 bits per heavy atom. The molecule has 21 heavy (non-hydrogen) atoms. The molecule has 0 bridgehead atoms. The molecule has 0 saturated carbocycles. The van der Waals surface area contributed by atoms with Crippen LogP contribution in [0.2, 0.25) is 5.02 Å². The van der Waals surface area contributed by atoms with Crippen molar-refractivity contribution in [3.05, 3.63) is 64.8 Å². The number of anilines is 1. The van der Waals surface area contributed by atoms with E-state index in [1.807, 2.05) is 12.1 Å². The number of fused-ring (bicyclic) bond motifs is 1. The zero-order valence-corrected chi connectivity index (χ0v) is 11.3. The first-order valence-electron chi connectivity index (χ1n) is 6.08. The van der Waals surface area contributed by atoms with E-state index in [-0.39, 0.29) is 10.7 Å². The normalized spacial score (nSPS) is 10.8. The molecule has 2 N–H and O–H groups in total. The Morgan fingerprint density at radius 3 is 2.76 bits per heavy atom. The molecule has 1 amide bonds. The van der Waals surface area contributed by atoms with Gasteiger partial charge < -0.3 is 10.3 Å². The minimum Gasteiger partial charge on any atom is -0.361 e. The van der Waals surface area contributed by atoms with Crippen LogP contribution in [0.4, 0.5) is 14.5 Å². The number of aromatic nitrogens is 1. The Labute approximate surface area is 123 Å². The van der Waals surface area contributed by atoms with Gasteiger partial charge in [0.25, 0.3) is 5.91 Å². The van der Waals surface area contributed by atoms with Crippen molar-refractivity contribution >= 4 is 34.1 Å². The van der Waals surface area contributed by atoms with Crippen molar-refractivity contribution in [3.8, 4) is 0 Å². The Balaban J connectivity index is 1.99. The average molecular weight is 307 g/mol. The molecule has 0 radical (unpaired) electrons. The molecule has 3 nitrogen and oxygen atoms in total. The van der Waals surface area contributed by atoms with E-state index in [0.717, 1.165) is 11.5 Å². The first-order chi connectivity index (χ1) is 10.1. The number of halogens is 3. The number of rotatable bonds is 2. The van der Waals surface area contributed by atoms with Gasteiger partial charge in [-0.3, -0.25) is 4.79 Å². The lowest BCUT2D eigenvalue weighted by atomic mass is 10.1. The smallest absolute Gasteiger partial charge is 0.257 e. The fourth-order valence-corrected chi connectivity index (χ4v) is 2.36. The summed E-state index contributed by atoms with van der Waals surface area (Å²) in [6.45, 7) is 0. The van der Waals surface area contributed by atoms with Crippen molar-refractivity contribution in [2.45, 2.75) is 0 Å². The Bertz CT molecular complexity index is 822. The molecule has 106 valence electrons. The molecular weight excluding hydrogens is 298 g/mol. The summed E-state index contributed by atoms with van der Waals surface area (Å²) in [6, 6.07) is 8.58. The maximum absolute atomic E-state index is 13.7. The van der Waals surface area contributed by atoms with Crippen LogP contribution in [0.25, 0.3) is 10.9 Å². The third-order valence-corrected chi connectivity index (χ3v) is 3.38. The predicted molar refractivity (Wildman–Crippen MR) is 77.6 cm³/mol. The summed E-state index contributed by atoms with van der Waals surface area (Å²) < 4.78 is 26.7. The van der Waals surface area contributed by atoms with Gasteiger partial charge in [-0.2, -0.15) is 0 Å². The summed E-state index contributed by atoms with van der Waals surface area (Å²) >= 11 is 5.76. The largest absolute Gasteiger partial charge is 0.361 e. The van der Waals surface area contributed by atoms with Crippen molar-refractivity contribution < 1.29 is 13.6 Å². The van der Waals surface area contributed by atoms with E-state index in [4.69, 9.17) is 11.6 Å². The van der Waals surface area contributed by atoms with Gasteiger partial charge in [-0.25, -0.2) is 8.78 Å². The molecule has 0 saturated heterocycles. The van der Waals surface area contributed by atoms with Crippen molar-refractivity contribution in [3.63, 3.8) is 0 Å². The van der Waals surface area contributed by atoms with Crippen LogP contribution in [0.1, 0.15) is 10.4 Å². The number of hydrogen-bond donors (Lipinski definition) is 2. The van der Waals surface area contributed by atoms with Crippen LogP contribution in [0, 0.1) is 11.6 Å². The molecule has 3 rings (SSSR count). The van der Waals surface area contributed by atoms with Gasteiger partial charge in [-0.15, -0.1) is 0 Å². The molecule has 1 aromatic heterocycles. The molecular formula is C15H9ClF2N2O. The van der Waals surface area contributed by atoms with Gasteiger partial charge in [0, 0.05) is 17.6 Å².